The van der Waals surface area contributed by atoms with Crippen LogP contribution in [0.3, 0.4) is 0 Å². The summed E-state index contributed by atoms with van der Waals surface area (Å²) >= 11 is 3.36. The number of carbonyl (C=O) groups excluding carboxylic acids is 2. The van der Waals surface area contributed by atoms with Crippen molar-refractivity contribution in [2.45, 2.75) is 39.8 Å². The number of nitrogens with zero attached hydrogens (tertiary/aromatic N) is 1. The molecule has 0 saturated heterocycles. The van der Waals surface area contributed by atoms with Crippen LogP contribution in [0.15, 0.2) is 16.7 Å². The van der Waals surface area contributed by atoms with Crippen LogP contribution in [0.2, 0.25) is 0 Å². The van der Waals surface area contributed by atoms with Gasteiger partial charge >= 0.3 is 0 Å². The van der Waals surface area contributed by atoms with Crippen molar-refractivity contribution >= 4 is 27.7 Å². The lowest BCUT2D eigenvalue weighted by Gasteiger charge is -2.14. The van der Waals surface area contributed by atoms with Gasteiger partial charge in [0.1, 0.15) is 11.7 Å². The van der Waals surface area contributed by atoms with E-state index in [1.807, 2.05) is 24.6 Å². The van der Waals surface area contributed by atoms with Gasteiger partial charge in [0.15, 0.2) is 0 Å². The zero-order chi connectivity index (χ0) is 14.4. The van der Waals surface area contributed by atoms with Gasteiger partial charge in [-0.15, -0.1) is 0 Å². The highest BCUT2D eigenvalue weighted by atomic mass is 79.9. The van der Waals surface area contributed by atoms with Gasteiger partial charge in [0.05, 0.1) is 0 Å². The van der Waals surface area contributed by atoms with Gasteiger partial charge in [-0.1, -0.05) is 6.92 Å². The molecule has 0 spiro atoms. The van der Waals surface area contributed by atoms with Crippen LogP contribution in [-0.2, 0) is 11.3 Å². The summed E-state index contributed by atoms with van der Waals surface area (Å²) in [6.07, 6.45) is 2.81. The third-order valence-corrected chi connectivity index (χ3v) is 3.09. The van der Waals surface area contributed by atoms with E-state index in [0.717, 1.165) is 17.4 Å². The van der Waals surface area contributed by atoms with Crippen LogP contribution in [-0.4, -0.2) is 29.0 Å². The topological polar surface area (TPSA) is 63.1 Å². The highest BCUT2D eigenvalue weighted by Crippen LogP contribution is 2.15. The Balaban J connectivity index is 2.75. The Morgan fingerprint density at radius 2 is 2.11 bits per heavy atom. The molecule has 0 aliphatic heterocycles. The van der Waals surface area contributed by atoms with Crippen molar-refractivity contribution in [1.82, 2.24) is 15.2 Å². The molecule has 19 heavy (non-hydrogen) atoms. The maximum absolute atomic E-state index is 12.1. The smallest absolute Gasteiger partial charge is 0.268 e. The normalized spacial score (nSPS) is 12.0. The predicted molar refractivity (Wildman–Crippen MR) is 78.0 cm³/mol. The molecular formula is C13H20BrN3O2. The Morgan fingerprint density at radius 1 is 1.42 bits per heavy atom. The minimum atomic E-state index is -0.545. The largest absolute Gasteiger partial charge is 0.355 e. The molecule has 0 fully saturated rings. The molecule has 0 aliphatic rings. The van der Waals surface area contributed by atoms with Crippen LogP contribution in [0, 0.1) is 0 Å². The molecule has 6 heteroatoms. The molecule has 0 aliphatic carbocycles. The molecule has 5 nitrogen and oxygen atoms in total. The molecule has 1 atom stereocenters. The van der Waals surface area contributed by atoms with Crippen LogP contribution < -0.4 is 10.6 Å². The molecule has 1 aromatic heterocycles. The van der Waals surface area contributed by atoms with Crippen molar-refractivity contribution in [1.29, 1.82) is 0 Å². The second-order valence-electron chi connectivity index (χ2n) is 4.33. The molecule has 2 N–H and O–H groups in total. The zero-order valence-electron chi connectivity index (χ0n) is 11.5. The second kappa shape index (κ2) is 7.33. The summed E-state index contributed by atoms with van der Waals surface area (Å²) in [6.45, 7) is 6.88. The Labute approximate surface area is 121 Å². The number of carbonyl (C=O) groups is 2. The molecule has 0 aromatic carbocycles. The van der Waals surface area contributed by atoms with Gasteiger partial charge in [0.2, 0.25) is 5.91 Å². The highest BCUT2D eigenvalue weighted by molar-refractivity contribution is 9.10. The van der Waals surface area contributed by atoms with Gasteiger partial charge in [-0.25, -0.2) is 0 Å². The lowest BCUT2D eigenvalue weighted by atomic mass is 10.3. The number of amides is 2. The first-order valence-electron chi connectivity index (χ1n) is 6.43. The summed E-state index contributed by atoms with van der Waals surface area (Å²) in [4.78, 5) is 23.7. The molecule has 0 saturated carbocycles. The fourth-order valence-corrected chi connectivity index (χ4v) is 2.22. The van der Waals surface area contributed by atoms with E-state index in [0.29, 0.717) is 12.2 Å². The van der Waals surface area contributed by atoms with Crippen molar-refractivity contribution in [3.8, 4) is 0 Å². The van der Waals surface area contributed by atoms with Crippen molar-refractivity contribution in [3.05, 3.63) is 22.4 Å². The van der Waals surface area contributed by atoms with Crippen LogP contribution in [0.1, 0.15) is 37.7 Å². The average Bonchev–Trinajstić information content (AvgIpc) is 2.71. The molecule has 1 aromatic rings. The van der Waals surface area contributed by atoms with Gasteiger partial charge < -0.3 is 15.2 Å². The SMILES string of the molecule is CCCn1cc(Br)cc1C(=O)NC(C)C(=O)NCC. The number of hydrogen-bond donors (Lipinski definition) is 2. The minimum Gasteiger partial charge on any atom is -0.355 e. The second-order valence-corrected chi connectivity index (χ2v) is 5.24. The van der Waals surface area contributed by atoms with Gasteiger partial charge in [-0.2, -0.15) is 0 Å². The summed E-state index contributed by atoms with van der Waals surface area (Å²) in [5, 5.41) is 5.38. The maximum atomic E-state index is 12.1. The van der Waals surface area contributed by atoms with Crippen molar-refractivity contribution in [3.63, 3.8) is 0 Å². The van der Waals surface area contributed by atoms with E-state index in [1.54, 1.807) is 13.0 Å². The van der Waals surface area contributed by atoms with E-state index < -0.39 is 6.04 Å². The first-order chi connectivity index (χ1) is 8.99. The van der Waals surface area contributed by atoms with Gasteiger partial charge in [0.25, 0.3) is 5.91 Å². The summed E-state index contributed by atoms with van der Waals surface area (Å²) in [7, 11) is 0. The Bertz CT molecular complexity index is 457. The third-order valence-electron chi connectivity index (χ3n) is 2.65. The lowest BCUT2D eigenvalue weighted by molar-refractivity contribution is -0.122. The summed E-state index contributed by atoms with van der Waals surface area (Å²) in [5.41, 5.74) is 0.560. The number of nitrogens with one attached hydrogen (secondary N) is 2. The van der Waals surface area contributed by atoms with Gasteiger partial charge in [-0.3, -0.25) is 9.59 Å². The minimum absolute atomic E-state index is 0.177. The van der Waals surface area contributed by atoms with E-state index in [9.17, 15) is 9.59 Å². The predicted octanol–water partition coefficient (Wildman–Crippen LogP) is 1.92. The molecule has 106 valence electrons. The maximum Gasteiger partial charge on any atom is 0.268 e. The van der Waals surface area contributed by atoms with Gasteiger partial charge in [-0.05, 0) is 42.3 Å². The summed E-state index contributed by atoms with van der Waals surface area (Å²) in [5.74, 6) is -0.415. The molecule has 1 heterocycles. The van der Waals surface area contributed by atoms with Crippen molar-refractivity contribution < 1.29 is 9.59 Å². The zero-order valence-corrected chi connectivity index (χ0v) is 13.1. The molecule has 1 unspecified atom stereocenters. The van der Waals surface area contributed by atoms with E-state index >= 15 is 0 Å². The fourth-order valence-electron chi connectivity index (χ4n) is 1.75. The molecular weight excluding hydrogens is 310 g/mol. The van der Waals surface area contributed by atoms with E-state index in [1.165, 1.54) is 0 Å². The standard InChI is InChI=1S/C13H20BrN3O2/c1-4-6-17-8-10(14)7-11(17)13(19)16-9(3)12(18)15-5-2/h7-9H,4-6H2,1-3H3,(H,15,18)(H,16,19). The third kappa shape index (κ3) is 4.38. The molecule has 2 amide bonds. The Hall–Kier alpha value is -1.30. The number of aromatic nitrogens is 1. The van der Waals surface area contributed by atoms with Crippen LogP contribution in [0.5, 0.6) is 0 Å². The average molecular weight is 330 g/mol. The number of likely N-dealkylation sites (N-methyl/N-ethyl adjacent to an activating group) is 1. The fraction of sp³-hybridized carbons (Fsp3) is 0.538. The molecule has 0 bridgehead atoms. The first-order valence-corrected chi connectivity index (χ1v) is 7.23. The summed E-state index contributed by atoms with van der Waals surface area (Å²) in [6, 6.07) is 1.21. The van der Waals surface area contributed by atoms with Crippen molar-refractivity contribution in [2.75, 3.05) is 6.54 Å². The monoisotopic (exact) mass is 329 g/mol. The Morgan fingerprint density at radius 3 is 2.68 bits per heavy atom. The highest BCUT2D eigenvalue weighted by Gasteiger charge is 2.18. The lowest BCUT2D eigenvalue weighted by Crippen LogP contribution is -2.45. The van der Waals surface area contributed by atoms with Crippen molar-refractivity contribution in [2.24, 2.45) is 0 Å². The Kier molecular flexibility index (Phi) is 6.08. The van der Waals surface area contributed by atoms with Gasteiger partial charge in [0, 0.05) is 23.8 Å². The quantitative estimate of drug-likeness (QED) is 0.837. The van der Waals surface area contributed by atoms with E-state index in [-0.39, 0.29) is 11.8 Å². The summed E-state index contributed by atoms with van der Waals surface area (Å²) < 4.78 is 2.74. The number of halogens is 1. The number of aryl methyl sites for hydroxylation is 1. The van der Waals surface area contributed by atoms with Crippen LogP contribution in [0.25, 0.3) is 0 Å². The van der Waals surface area contributed by atoms with E-state index in [2.05, 4.69) is 26.6 Å². The van der Waals surface area contributed by atoms with E-state index in [4.69, 9.17) is 0 Å². The first kappa shape index (κ1) is 15.8. The van der Waals surface area contributed by atoms with Crippen LogP contribution >= 0.6 is 15.9 Å². The molecule has 0 radical (unpaired) electrons. The number of rotatable bonds is 6. The number of hydrogen-bond acceptors (Lipinski definition) is 2. The van der Waals surface area contributed by atoms with Crippen LogP contribution in [0.4, 0.5) is 0 Å². The molecule has 1 rings (SSSR count).